The van der Waals surface area contributed by atoms with E-state index in [0.717, 1.165) is 34.5 Å². The van der Waals surface area contributed by atoms with E-state index in [9.17, 15) is 13.6 Å². The average Bonchev–Trinajstić information content (AvgIpc) is 2.94. The fourth-order valence-electron chi connectivity index (χ4n) is 4.43. The van der Waals surface area contributed by atoms with Crippen molar-refractivity contribution in [3.05, 3.63) is 106 Å². The predicted octanol–water partition coefficient (Wildman–Crippen LogP) is 4.51. The Morgan fingerprint density at radius 3 is 2.34 bits per heavy atom. The van der Waals surface area contributed by atoms with Crippen LogP contribution < -0.4 is 22.1 Å². The van der Waals surface area contributed by atoms with Crippen molar-refractivity contribution in [1.82, 2.24) is 20.5 Å². The maximum atomic E-state index is 13.8. The van der Waals surface area contributed by atoms with Crippen LogP contribution in [0.25, 0.3) is 11.1 Å². The zero-order valence-corrected chi connectivity index (χ0v) is 23.2. The molecule has 2 atom stereocenters. The number of allylic oxidation sites excluding steroid dienone is 2. The number of carbonyl (C=O) groups excluding carboxylic acids is 1. The van der Waals surface area contributed by atoms with Gasteiger partial charge in [0.2, 0.25) is 0 Å². The monoisotopic (exact) mass is 558 g/mol. The SMILES string of the molecule is C/C=C1\C=NC(NC(C)c2ccc(-c3cnc(N)c(C(=N)N)c3)cc2)=C(C(=O)NC(C)c2ccc(F)c(F)c2)N1C. The van der Waals surface area contributed by atoms with E-state index < -0.39 is 23.6 Å². The summed E-state index contributed by atoms with van der Waals surface area (Å²) in [6, 6.07) is 12.2. The van der Waals surface area contributed by atoms with Crippen LogP contribution in [0.5, 0.6) is 0 Å². The fraction of sp³-hybridized carbons (Fsp3) is 0.200. The summed E-state index contributed by atoms with van der Waals surface area (Å²) in [4.78, 5) is 23.9. The highest BCUT2D eigenvalue weighted by Crippen LogP contribution is 2.27. The van der Waals surface area contributed by atoms with Crippen LogP contribution >= 0.6 is 0 Å². The number of amides is 1. The van der Waals surface area contributed by atoms with E-state index in [-0.39, 0.29) is 23.4 Å². The molecule has 0 saturated carbocycles. The van der Waals surface area contributed by atoms with Crippen molar-refractivity contribution in [1.29, 1.82) is 5.41 Å². The average molecular weight is 559 g/mol. The van der Waals surface area contributed by atoms with Crippen LogP contribution in [0.15, 0.2) is 83.0 Å². The van der Waals surface area contributed by atoms with E-state index >= 15 is 0 Å². The molecule has 0 saturated heterocycles. The Morgan fingerprint density at radius 1 is 1.02 bits per heavy atom. The van der Waals surface area contributed by atoms with Crippen molar-refractivity contribution in [2.75, 3.05) is 12.8 Å². The lowest BCUT2D eigenvalue weighted by molar-refractivity contribution is -0.119. The number of hydrogen-bond acceptors (Lipinski definition) is 7. The van der Waals surface area contributed by atoms with Crippen LogP contribution in [-0.2, 0) is 4.79 Å². The molecule has 0 fully saturated rings. The second kappa shape index (κ2) is 12.0. The van der Waals surface area contributed by atoms with Gasteiger partial charge in [-0.05, 0) is 55.7 Å². The van der Waals surface area contributed by atoms with Crippen molar-refractivity contribution < 1.29 is 13.6 Å². The van der Waals surface area contributed by atoms with Crippen LogP contribution in [0.3, 0.4) is 0 Å². The molecule has 0 radical (unpaired) electrons. The minimum Gasteiger partial charge on any atom is -0.384 e. The van der Waals surface area contributed by atoms with Crippen LogP contribution in [0.4, 0.5) is 14.6 Å². The van der Waals surface area contributed by atoms with Crippen molar-refractivity contribution >= 4 is 23.8 Å². The molecular weight excluding hydrogens is 526 g/mol. The number of anilines is 1. The molecule has 2 aromatic carbocycles. The van der Waals surface area contributed by atoms with Gasteiger partial charge in [0.05, 0.1) is 29.6 Å². The molecule has 1 amide bonds. The number of benzene rings is 2. The lowest BCUT2D eigenvalue weighted by Crippen LogP contribution is -2.39. The Bertz CT molecular complexity index is 1580. The topological polar surface area (TPSA) is 146 Å². The number of nitrogens with one attached hydrogen (secondary N) is 3. The summed E-state index contributed by atoms with van der Waals surface area (Å²) in [5.74, 6) is -1.96. The van der Waals surface area contributed by atoms with Crippen LogP contribution in [-0.4, -0.2) is 34.9 Å². The van der Waals surface area contributed by atoms with Crippen molar-refractivity contribution in [3.8, 4) is 11.1 Å². The summed E-state index contributed by atoms with van der Waals surface area (Å²) in [6.07, 6.45) is 5.12. The highest BCUT2D eigenvalue weighted by molar-refractivity contribution is 6.00. The van der Waals surface area contributed by atoms with Gasteiger partial charge in [0.15, 0.2) is 17.5 Å². The first-order chi connectivity index (χ1) is 19.5. The second-order valence-electron chi connectivity index (χ2n) is 9.66. The van der Waals surface area contributed by atoms with E-state index in [1.807, 2.05) is 44.2 Å². The van der Waals surface area contributed by atoms with Gasteiger partial charge in [-0.1, -0.05) is 36.4 Å². The van der Waals surface area contributed by atoms with Gasteiger partial charge in [-0.15, -0.1) is 0 Å². The molecule has 7 N–H and O–H groups in total. The van der Waals surface area contributed by atoms with E-state index in [1.165, 1.54) is 6.07 Å². The minimum absolute atomic E-state index is 0.155. The van der Waals surface area contributed by atoms with Gasteiger partial charge in [0.1, 0.15) is 17.4 Å². The van der Waals surface area contributed by atoms with Gasteiger partial charge in [-0.2, -0.15) is 0 Å². The first-order valence-electron chi connectivity index (χ1n) is 12.9. The number of aliphatic imine (C=N–C) groups is 1. The molecule has 0 aliphatic carbocycles. The van der Waals surface area contributed by atoms with E-state index in [1.54, 1.807) is 37.3 Å². The number of nitrogens with zero attached hydrogens (tertiary/aromatic N) is 3. The Morgan fingerprint density at radius 2 is 1.71 bits per heavy atom. The first kappa shape index (κ1) is 28.9. The third-order valence-electron chi connectivity index (χ3n) is 6.88. The summed E-state index contributed by atoms with van der Waals surface area (Å²) < 4.78 is 27.2. The number of nitrogens with two attached hydrogens (primary N) is 2. The van der Waals surface area contributed by atoms with E-state index in [4.69, 9.17) is 16.9 Å². The quantitative estimate of drug-likeness (QED) is 0.203. The predicted molar refractivity (Wildman–Crippen MR) is 157 cm³/mol. The summed E-state index contributed by atoms with van der Waals surface area (Å²) in [6.45, 7) is 5.48. The molecule has 1 aliphatic heterocycles. The Hall–Kier alpha value is -5.06. The van der Waals surface area contributed by atoms with Crippen LogP contribution in [0.1, 0.15) is 49.5 Å². The molecule has 0 spiro atoms. The first-order valence-corrected chi connectivity index (χ1v) is 12.9. The molecule has 11 heteroatoms. The summed E-state index contributed by atoms with van der Waals surface area (Å²) in [7, 11) is 1.76. The zero-order valence-electron chi connectivity index (χ0n) is 23.2. The Balaban J connectivity index is 1.57. The maximum absolute atomic E-state index is 13.8. The smallest absolute Gasteiger partial charge is 0.272 e. The Kier molecular flexibility index (Phi) is 8.46. The lowest BCUT2D eigenvalue weighted by Gasteiger charge is -2.30. The number of nitrogen functional groups attached to an aromatic ring is 2. The fourth-order valence-corrected chi connectivity index (χ4v) is 4.43. The summed E-state index contributed by atoms with van der Waals surface area (Å²) in [5.41, 5.74) is 15.8. The van der Waals surface area contributed by atoms with Gasteiger partial charge < -0.3 is 27.0 Å². The van der Waals surface area contributed by atoms with Gasteiger partial charge in [0, 0.05) is 18.8 Å². The number of rotatable bonds is 8. The number of hydrogen-bond donors (Lipinski definition) is 5. The summed E-state index contributed by atoms with van der Waals surface area (Å²) >= 11 is 0. The molecule has 2 heterocycles. The highest BCUT2D eigenvalue weighted by atomic mass is 19.2. The molecular formula is C30H32F2N8O. The molecule has 0 bridgehead atoms. The number of aromatic nitrogens is 1. The number of amidine groups is 1. The number of pyridine rings is 1. The molecule has 9 nitrogen and oxygen atoms in total. The van der Waals surface area contributed by atoms with Crippen LogP contribution in [0, 0.1) is 17.0 Å². The van der Waals surface area contributed by atoms with Crippen molar-refractivity contribution in [2.24, 2.45) is 10.7 Å². The molecule has 3 aromatic rings. The normalized spacial score (nSPS) is 15.6. The standard InChI is InChI=1S/C30H32F2N8O/c1-5-22-15-37-29(26(40(22)4)30(41)39-17(3)20-10-11-24(31)25(32)13-20)38-16(2)18-6-8-19(9-7-18)21-12-23(27(33)34)28(35)36-14-21/h5-17,38H,1-4H3,(H3,33,34)(H2,35,36)(H,39,41)/b22-5+. The maximum Gasteiger partial charge on any atom is 0.272 e. The highest BCUT2D eigenvalue weighted by Gasteiger charge is 2.27. The molecule has 4 rings (SSSR count). The minimum atomic E-state index is -0.979. The largest absolute Gasteiger partial charge is 0.384 e. The third-order valence-corrected chi connectivity index (χ3v) is 6.88. The van der Waals surface area contributed by atoms with E-state index in [0.29, 0.717) is 16.9 Å². The number of carbonyl (C=O) groups is 1. The molecule has 2 unspecified atom stereocenters. The third kappa shape index (κ3) is 6.24. The molecule has 1 aliphatic rings. The van der Waals surface area contributed by atoms with Gasteiger partial charge in [0.25, 0.3) is 5.91 Å². The van der Waals surface area contributed by atoms with Crippen LogP contribution in [0.2, 0.25) is 0 Å². The van der Waals surface area contributed by atoms with E-state index in [2.05, 4.69) is 20.6 Å². The van der Waals surface area contributed by atoms with Crippen molar-refractivity contribution in [2.45, 2.75) is 32.9 Å². The van der Waals surface area contributed by atoms with Gasteiger partial charge in [-0.3, -0.25) is 10.2 Å². The van der Waals surface area contributed by atoms with Crippen molar-refractivity contribution in [3.63, 3.8) is 0 Å². The summed E-state index contributed by atoms with van der Waals surface area (Å²) in [5, 5.41) is 13.9. The van der Waals surface area contributed by atoms with Gasteiger partial charge in [-0.25, -0.2) is 18.8 Å². The zero-order chi connectivity index (χ0) is 29.8. The molecule has 41 heavy (non-hydrogen) atoms. The molecule has 212 valence electrons. The lowest BCUT2D eigenvalue weighted by atomic mass is 10.0. The Labute approximate surface area is 237 Å². The molecule has 1 aromatic heterocycles. The number of halogens is 2. The van der Waals surface area contributed by atoms with Gasteiger partial charge >= 0.3 is 0 Å². The number of likely N-dealkylation sites (N-methyl/N-ethyl adjacent to an activating group) is 1. The second-order valence-corrected chi connectivity index (χ2v) is 9.66.